The normalized spacial score (nSPS) is 24.8. The highest BCUT2D eigenvalue weighted by Gasteiger charge is 2.44. The molecule has 4 rings (SSSR count). The molecule has 1 saturated heterocycles. The van der Waals surface area contributed by atoms with Gasteiger partial charge >= 0.3 is 0 Å². The lowest BCUT2D eigenvalue weighted by Crippen LogP contribution is -2.60. The van der Waals surface area contributed by atoms with Gasteiger partial charge in [-0.15, -0.1) is 0 Å². The van der Waals surface area contributed by atoms with Crippen LogP contribution in [0.4, 0.5) is 0 Å². The highest BCUT2D eigenvalue weighted by atomic mass is 16.7. The third kappa shape index (κ3) is 4.08. The number of phenols is 3. The van der Waals surface area contributed by atoms with Crippen molar-refractivity contribution in [1.29, 1.82) is 0 Å². The van der Waals surface area contributed by atoms with Crippen LogP contribution in [0, 0.1) is 0 Å². The van der Waals surface area contributed by atoms with Crippen LogP contribution in [0.3, 0.4) is 0 Å². The summed E-state index contributed by atoms with van der Waals surface area (Å²) >= 11 is 0. The van der Waals surface area contributed by atoms with E-state index in [9.17, 15) is 40.5 Å². The number of ether oxygens (including phenoxy) is 3. The fourth-order valence-corrected chi connectivity index (χ4v) is 3.64. The highest BCUT2D eigenvalue weighted by molar-refractivity contribution is 5.86. The fraction of sp³-hybridized carbons (Fsp3) is 0.318. The van der Waals surface area contributed by atoms with Crippen molar-refractivity contribution in [3.8, 4) is 40.1 Å². The minimum absolute atomic E-state index is 0.00891. The molecule has 3 aromatic rings. The average molecular weight is 478 g/mol. The fourth-order valence-electron chi connectivity index (χ4n) is 3.64. The van der Waals surface area contributed by atoms with Crippen molar-refractivity contribution in [2.75, 3.05) is 13.7 Å². The summed E-state index contributed by atoms with van der Waals surface area (Å²) in [6.45, 7) is -0.642. The maximum Gasteiger partial charge on any atom is 0.229 e. The van der Waals surface area contributed by atoms with Gasteiger partial charge in [-0.05, 0) is 12.1 Å². The molecule has 34 heavy (non-hydrogen) atoms. The summed E-state index contributed by atoms with van der Waals surface area (Å²) in [6.07, 6.45) is -7.56. The van der Waals surface area contributed by atoms with Gasteiger partial charge in [0.15, 0.2) is 22.7 Å². The molecule has 0 amide bonds. The molecule has 0 bridgehead atoms. The molecule has 0 unspecified atom stereocenters. The molecule has 0 aliphatic carbocycles. The summed E-state index contributed by atoms with van der Waals surface area (Å²) in [5, 5.41) is 68.6. The number of hydrogen-bond acceptors (Lipinski definition) is 12. The third-order valence-electron chi connectivity index (χ3n) is 5.44. The summed E-state index contributed by atoms with van der Waals surface area (Å²) < 4.78 is 21.9. The number of hydrogen-bond donors (Lipinski definition) is 7. The Labute approximate surface area is 191 Å². The molecule has 1 aliphatic heterocycles. The van der Waals surface area contributed by atoms with Crippen LogP contribution in [-0.4, -0.2) is 80.2 Å². The zero-order chi connectivity index (χ0) is 24.7. The zero-order valence-electron chi connectivity index (χ0n) is 17.7. The van der Waals surface area contributed by atoms with Crippen molar-refractivity contribution in [2.45, 2.75) is 30.7 Å². The number of rotatable bonds is 5. The lowest BCUT2D eigenvalue weighted by molar-refractivity contribution is -0.277. The van der Waals surface area contributed by atoms with E-state index in [1.165, 1.54) is 19.2 Å². The van der Waals surface area contributed by atoms with Gasteiger partial charge < -0.3 is 54.4 Å². The quantitative estimate of drug-likeness (QED) is 0.238. The van der Waals surface area contributed by atoms with Gasteiger partial charge in [0.1, 0.15) is 52.6 Å². The third-order valence-corrected chi connectivity index (χ3v) is 5.44. The molecule has 0 spiro atoms. The Kier molecular flexibility index (Phi) is 6.25. The van der Waals surface area contributed by atoms with Gasteiger partial charge in [-0.2, -0.15) is 0 Å². The van der Waals surface area contributed by atoms with Crippen molar-refractivity contribution in [3.05, 3.63) is 40.6 Å². The maximum absolute atomic E-state index is 12.8. The van der Waals surface area contributed by atoms with E-state index in [2.05, 4.69) is 0 Å². The second-order valence-electron chi connectivity index (χ2n) is 7.65. The minimum Gasteiger partial charge on any atom is -0.504 e. The second kappa shape index (κ2) is 9.00. The highest BCUT2D eigenvalue weighted by Crippen LogP contribution is 2.40. The topological polar surface area (TPSA) is 200 Å². The first kappa shape index (κ1) is 23.6. The molecular formula is C22H22O12. The Hall–Kier alpha value is -3.55. The molecule has 1 aliphatic rings. The molecule has 1 aromatic heterocycles. The van der Waals surface area contributed by atoms with Gasteiger partial charge in [-0.25, -0.2) is 0 Å². The van der Waals surface area contributed by atoms with Crippen molar-refractivity contribution in [3.63, 3.8) is 0 Å². The molecule has 2 aromatic carbocycles. The largest absolute Gasteiger partial charge is 0.504 e. The van der Waals surface area contributed by atoms with Crippen LogP contribution in [0.25, 0.3) is 22.3 Å². The number of aliphatic hydroxyl groups is 4. The van der Waals surface area contributed by atoms with E-state index in [1.54, 1.807) is 0 Å². The van der Waals surface area contributed by atoms with E-state index in [4.69, 9.17) is 18.6 Å². The van der Waals surface area contributed by atoms with Gasteiger partial charge in [0.2, 0.25) is 6.29 Å². The molecule has 12 nitrogen and oxygen atoms in total. The summed E-state index contributed by atoms with van der Waals surface area (Å²) in [5.74, 6) is -2.01. The van der Waals surface area contributed by atoms with Crippen molar-refractivity contribution in [1.82, 2.24) is 0 Å². The number of methoxy groups -OCH3 is 1. The van der Waals surface area contributed by atoms with Crippen LogP contribution < -0.4 is 14.9 Å². The summed E-state index contributed by atoms with van der Waals surface area (Å²) in [6, 6.07) is 5.88. The number of benzene rings is 2. The minimum atomic E-state index is -1.67. The van der Waals surface area contributed by atoms with Crippen LogP contribution in [-0.2, 0) is 4.74 Å². The predicted octanol–water partition coefficient (Wildman–Crippen LogP) is -0.236. The summed E-state index contributed by atoms with van der Waals surface area (Å²) in [5.41, 5.74) is -0.473. The van der Waals surface area contributed by atoms with Crippen LogP contribution in [0.2, 0.25) is 0 Å². The van der Waals surface area contributed by atoms with E-state index < -0.39 is 60.0 Å². The number of phenolic OH excluding ortho intramolecular Hbond substituents is 3. The molecule has 0 radical (unpaired) electrons. The van der Waals surface area contributed by atoms with E-state index in [-0.39, 0.29) is 33.8 Å². The Morgan fingerprint density at radius 1 is 0.941 bits per heavy atom. The molecule has 0 saturated carbocycles. The van der Waals surface area contributed by atoms with E-state index >= 15 is 0 Å². The number of aliphatic hydroxyl groups excluding tert-OH is 4. The Balaban J connectivity index is 1.77. The Morgan fingerprint density at radius 3 is 2.24 bits per heavy atom. The van der Waals surface area contributed by atoms with Crippen molar-refractivity contribution in [2.24, 2.45) is 0 Å². The van der Waals surface area contributed by atoms with E-state index in [0.717, 1.165) is 18.2 Å². The lowest BCUT2D eigenvalue weighted by Gasteiger charge is -2.39. The standard InChI is InChI=1S/C22H22O12/c1-31-14-4-9(32-22-21(30)20(29)19(28)16(7-23)34-22)5-15-17(14)10(24)6-13(33-15)8-2-11(25)18(27)12(26)3-8/h2-6,16,19-23,25-30H,7H2,1H3/t16-,19-,20+,21-,22-/m1/s1. The summed E-state index contributed by atoms with van der Waals surface area (Å²) in [7, 11) is 1.30. The number of fused-ring (bicyclic) bond motifs is 1. The molecule has 182 valence electrons. The van der Waals surface area contributed by atoms with E-state index in [1.807, 2.05) is 0 Å². The van der Waals surface area contributed by atoms with Gasteiger partial charge in [0, 0.05) is 23.8 Å². The van der Waals surface area contributed by atoms with Gasteiger partial charge in [0.05, 0.1) is 13.7 Å². The van der Waals surface area contributed by atoms with Gasteiger partial charge in [-0.1, -0.05) is 0 Å². The molecule has 7 N–H and O–H groups in total. The molecule has 2 heterocycles. The second-order valence-corrected chi connectivity index (χ2v) is 7.65. The van der Waals surface area contributed by atoms with Crippen LogP contribution in [0.15, 0.2) is 39.5 Å². The first-order valence-electron chi connectivity index (χ1n) is 10.0. The number of aromatic hydroxyl groups is 3. The average Bonchev–Trinajstić information content (AvgIpc) is 2.81. The van der Waals surface area contributed by atoms with Crippen LogP contribution >= 0.6 is 0 Å². The lowest BCUT2D eigenvalue weighted by atomic mass is 9.99. The first-order valence-corrected chi connectivity index (χ1v) is 10.0. The first-order chi connectivity index (χ1) is 16.1. The Morgan fingerprint density at radius 2 is 1.62 bits per heavy atom. The molecule has 12 heteroatoms. The summed E-state index contributed by atoms with van der Waals surface area (Å²) in [4.78, 5) is 12.8. The van der Waals surface area contributed by atoms with Gasteiger partial charge in [-0.3, -0.25) is 4.79 Å². The SMILES string of the molecule is COc1cc(O[C@@H]2O[C@H](CO)[C@@H](O)[C@H](O)[C@H]2O)cc2oc(-c3cc(O)c(O)c(O)c3)cc(=O)c12. The molecular weight excluding hydrogens is 456 g/mol. The van der Waals surface area contributed by atoms with Crippen molar-refractivity contribution < 1.29 is 54.4 Å². The monoisotopic (exact) mass is 478 g/mol. The van der Waals surface area contributed by atoms with Crippen LogP contribution in [0.1, 0.15) is 0 Å². The molecule has 1 fully saturated rings. The van der Waals surface area contributed by atoms with E-state index in [0.29, 0.717) is 0 Å². The molecule has 5 atom stereocenters. The zero-order valence-corrected chi connectivity index (χ0v) is 17.7. The van der Waals surface area contributed by atoms with Gasteiger partial charge in [0.25, 0.3) is 0 Å². The Bertz CT molecular complexity index is 1240. The smallest absolute Gasteiger partial charge is 0.229 e. The maximum atomic E-state index is 12.8. The predicted molar refractivity (Wildman–Crippen MR) is 114 cm³/mol. The van der Waals surface area contributed by atoms with Crippen LogP contribution in [0.5, 0.6) is 28.7 Å². The van der Waals surface area contributed by atoms with Crippen molar-refractivity contribution >= 4 is 11.0 Å².